The molecule has 1 heterocycles. The van der Waals surface area contributed by atoms with Crippen molar-refractivity contribution in [2.24, 2.45) is 5.92 Å². The van der Waals surface area contributed by atoms with Crippen molar-refractivity contribution in [3.63, 3.8) is 0 Å². The summed E-state index contributed by atoms with van der Waals surface area (Å²) >= 11 is 0. The number of aliphatic carboxylic acids is 1. The number of carboxylic acid groups (broad SMARTS) is 1. The van der Waals surface area contributed by atoms with E-state index in [1.165, 1.54) is 0 Å². The highest BCUT2D eigenvalue weighted by Crippen LogP contribution is 2.28. The topological polar surface area (TPSA) is 72.9 Å². The Labute approximate surface area is 132 Å². The van der Waals surface area contributed by atoms with Crippen molar-refractivity contribution in [1.29, 1.82) is 0 Å². The minimum absolute atomic E-state index is 0.243. The van der Waals surface area contributed by atoms with Crippen LogP contribution in [0.3, 0.4) is 0 Å². The molecule has 1 saturated carbocycles. The Balaban J connectivity index is 1.76. The quantitative estimate of drug-likeness (QED) is 0.756. The summed E-state index contributed by atoms with van der Waals surface area (Å²) in [7, 11) is 0. The van der Waals surface area contributed by atoms with E-state index in [0.29, 0.717) is 32.0 Å². The normalized spacial score (nSPS) is 27.5. The molecule has 0 bridgehead atoms. The van der Waals surface area contributed by atoms with Crippen LogP contribution in [0.1, 0.15) is 46.5 Å². The molecule has 0 atom stereocenters. The molecule has 0 radical (unpaired) electrons. The average molecular weight is 311 g/mol. The smallest absolute Gasteiger partial charge is 0.410 e. The number of rotatable bonds is 2. The number of nitrogens with zero attached hydrogens (tertiary/aromatic N) is 2. The molecule has 0 spiro atoms. The zero-order chi connectivity index (χ0) is 16.3. The summed E-state index contributed by atoms with van der Waals surface area (Å²) < 4.78 is 5.39. The molecular formula is C16H27N2O4-. The SMILES string of the molecule is CC(C)(C)OC(=O)N1CCN(C2CCC(C(=O)[O-])CC2)CC1. The largest absolute Gasteiger partial charge is 0.550 e. The zero-order valence-corrected chi connectivity index (χ0v) is 13.8. The first-order valence-electron chi connectivity index (χ1n) is 8.19. The number of carbonyl (C=O) groups is 2. The fourth-order valence-corrected chi connectivity index (χ4v) is 3.27. The number of piperazine rings is 1. The third kappa shape index (κ3) is 4.60. The summed E-state index contributed by atoms with van der Waals surface area (Å²) in [5.74, 6) is -1.19. The van der Waals surface area contributed by atoms with Gasteiger partial charge in [-0.05, 0) is 52.4 Å². The predicted molar refractivity (Wildman–Crippen MR) is 80.1 cm³/mol. The molecule has 2 aliphatic rings. The molecule has 0 aromatic rings. The first kappa shape index (κ1) is 17.1. The minimum Gasteiger partial charge on any atom is -0.550 e. The van der Waals surface area contributed by atoms with Gasteiger partial charge in [0.1, 0.15) is 5.60 Å². The van der Waals surface area contributed by atoms with E-state index in [1.807, 2.05) is 20.8 Å². The highest BCUT2D eigenvalue weighted by Gasteiger charge is 2.31. The summed E-state index contributed by atoms with van der Waals surface area (Å²) in [6, 6.07) is 0.441. The highest BCUT2D eigenvalue weighted by molar-refractivity contribution is 5.68. The van der Waals surface area contributed by atoms with Crippen molar-refractivity contribution in [3.8, 4) is 0 Å². The van der Waals surface area contributed by atoms with Crippen LogP contribution in [0.4, 0.5) is 4.79 Å². The second kappa shape index (κ2) is 6.86. The lowest BCUT2D eigenvalue weighted by Gasteiger charge is -2.42. The van der Waals surface area contributed by atoms with E-state index in [-0.39, 0.29) is 12.0 Å². The lowest BCUT2D eigenvalue weighted by molar-refractivity contribution is -0.312. The van der Waals surface area contributed by atoms with Crippen LogP contribution in [0.25, 0.3) is 0 Å². The van der Waals surface area contributed by atoms with Gasteiger partial charge in [-0.25, -0.2) is 4.79 Å². The van der Waals surface area contributed by atoms with Crippen LogP contribution in [-0.4, -0.2) is 59.7 Å². The van der Waals surface area contributed by atoms with E-state index in [0.717, 1.165) is 25.9 Å². The van der Waals surface area contributed by atoms with Gasteiger partial charge in [0.25, 0.3) is 0 Å². The minimum atomic E-state index is -0.909. The number of carbonyl (C=O) groups excluding carboxylic acids is 2. The maximum absolute atomic E-state index is 12.0. The van der Waals surface area contributed by atoms with Gasteiger partial charge in [0.2, 0.25) is 0 Å². The lowest BCUT2D eigenvalue weighted by Crippen LogP contribution is -2.53. The summed E-state index contributed by atoms with van der Waals surface area (Å²) in [5, 5.41) is 10.9. The maximum atomic E-state index is 12.0. The Kier molecular flexibility index (Phi) is 5.32. The van der Waals surface area contributed by atoms with Crippen molar-refractivity contribution < 1.29 is 19.4 Å². The van der Waals surface area contributed by atoms with Gasteiger partial charge in [0.05, 0.1) is 0 Å². The molecule has 22 heavy (non-hydrogen) atoms. The molecule has 1 saturated heterocycles. The van der Waals surface area contributed by atoms with Crippen molar-refractivity contribution in [3.05, 3.63) is 0 Å². The second-order valence-corrected chi connectivity index (χ2v) is 7.33. The van der Waals surface area contributed by atoms with E-state index in [1.54, 1.807) is 4.90 Å². The van der Waals surface area contributed by atoms with Gasteiger partial charge in [-0.1, -0.05) is 0 Å². The maximum Gasteiger partial charge on any atom is 0.410 e. The first-order chi connectivity index (χ1) is 10.3. The van der Waals surface area contributed by atoms with Crippen molar-refractivity contribution in [1.82, 2.24) is 9.80 Å². The van der Waals surface area contributed by atoms with Crippen molar-refractivity contribution >= 4 is 12.1 Å². The van der Waals surface area contributed by atoms with Crippen LogP contribution in [0, 0.1) is 5.92 Å². The number of hydrogen-bond acceptors (Lipinski definition) is 5. The van der Waals surface area contributed by atoms with E-state index < -0.39 is 11.6 Å². The van der Waals surface area contributed by atoms with Crippen molar-refractivity contribution in [2.75, 3.05) is 26.2 Å². The Bertz CT molecular complexity index is 403. The van der Waals surface area contributed by atoms with Gasteiger partial charge in [0.15, 0.2) is 0 Å². The fraction of sp³-hybridized carbons (Fsp3) is 0.875. The molecule has 0 N–H and O–H groups in total. The third-order valence-electron chi connectivity index (χ3n) is 4.51. The highest BCUT2D eigenvalue weighted by atomic mass is 16.6. The molecule has 2 rings (SSSR count). The number of hydrogen-bond donors (Lipinski definition) is 0. The van der Waals surface area contributed by atoms with Gasteiger partial charge >= 0.3 is 6.09 Å². The van der Waals surface area contributed by atoms with E-state index in [4.69, 9.17) is 4.74 Å². The molecule has 0 unspecified atom stereocenters. The third-order valence-corrected chi connectivity index (χ3v) is 4.51. The Morgan fingerprint density at radius 3 is 2.00 bits per heavy atom. The van der Waals surface area contributed by atoms with Crippen LogP contribution < -0.4 is 5.11 Å². The summed E-state index contributed by atoms with van der Waals surface area (Å²) in [6.45, 7) is 8.63. The fourth-order valence-electron chi connectivity index (χ4n) is 3.27. The second-order valence-electron chi connectivity index (χ2n) is 7.33. The first-order valence-corrected chi connectivity index (χ1v) is 8.19. The van der Waals surface area contributed by atoms with Crippen LogP contribution in [0.15, 0.2) is 0 Å². The summed E-state index contributed by atoms with van der Waals surface area (Å²) in [4.78, 5) is 27.1. The van der Waals surface area contributed by atoms with Gasteiger partial charge < -0.3 is 19.5 Å². The van der Waals surface area contributed by atoms with Gasteiger partial charge in [-0.3, -0.25) is 4.90 Å². The van der Waals surface area contributed by atoms with Crippen LogP contribution >= 0.6 is 0 Å². The number of ether oxygens (including phenoxy) is 1. The van der Waals surface area contributed by atoms with Gasteiger partial charge in [-0.2, -0.15) is 0 Å². The molecule has 1 aliphatic carbocycles. The average Bonchev–Trinajstić information content (AvgIpc) is 2.46. The molecule has 6 heteroatoms. The Morgan fingerprint density at radius 2 is 1.55 bits per heavy atom. The molecular weight excluding hydrogens is 284 g/mol. The van der Waals surface area contributed by atoms with Gasteiger partial charge in [-0.15, -0.1) is 0 Å². The number of carboxylic acids is 1. The zero-order valence-electron chi connectivity index (χ0n) is 13.8. The van der Waals surface area contributed by atoms with Crippen LogP contribution in [-0.2, 0) is 9.53 Å². The lowest BCUT2D eigenvalue weighted by atomic mass is 9.85. The molecule has 6 nitrogen and oxygen atoms in total. The molecule has 1 aliphatic heterocycles. The standard InChI is InChI=1S/C16H28N2O4/c1-16(2,3)22-15(21)18-10-8-17(9-11-18)13-6-4-12(5-7-13)14(19)20/h12-13H,4-11H2,1-3H3,(H,19,20)/p-1. The van der Waals surface area contributed by atoms with E-state index in [2.05, 4.69) is 4.90 Å². The predicted octanol–water partition coefficient (Wildman–Crippen LogP) is 0.848. The van der Waals surface area contributed by atoms with Crippen LogP contribution in [0.5, 0.6) is 0 Å². The summed E-state index contributed by atoms with van der Waals surface area (Å²) in [6.07, 6.45) is 2.99. The molecule has 1 amide bonds. The molecule has 0 aromatic heterocycles. The van der Waals surface area contributed by atoms with Crippen molar-refractivity contribution in [2.45, 2.75) is 58.1 Å². The van der Waals surface area contributed by atoms with E-state index in [9.17, 15) is 14.7 Å². The Morgan fingerprint density at radius 1 is 1.00 bits per heavy atom. The Hall–Kier alpha value is -1.30. The number of amides is 1. The van der Waals surface area contributed by atoms with Crippen LogP contribution in [0.2, 0.25) is 0 Å². The molecule has 0 aromatic carbocycles. The van der Waals surface area contributed by atoms with E-state index >= 15 is 0 Å². The summed E-state index contributed by atoms with van der Waals surface area (Å²) in [5.41, 5.74) is -0.461. The monoisotopic (exact) mass is 311 g/mol. The molecule has 2 fully saturated rings. The molecule has 126 valence electrons. The van der Waals surface area contributed by atoms with Gasteiger partial charge in [0, 0.05) is 38.2 Å².